The average Bonchev–Trinajstić information content (AvgIpc) is 2.83. The van der Waals surface area contributed by atoms with Gasteiger partial charge in [-0.2, -0.15) is 4.31 Å². The number of Topliss-reactive ketones (excluding diaryl/α,β-unsaturated/α-hetero) is 1. The number of carboxylic acids is 1. The molecule has 3 rings (SSSR count). The number of carboxylic acid groups (broad SMARTS) is 1. The molecule has 0 saturated carbocycles. The molecular formula is C23H26N2O7S. The van der Waals surface area contributed by atoms with Crippen LogP contribution in [0.25, 0.3) is 0 Å². The van der Waals surface area contributed by atoms with E-state index in [4.69, 9.17) is 4.74 Å². The molecule has 9 nitrogen and oxygen atoms in total. The van der Waals surface area contributed by atoms with E-state index in [1.54, 1.807) is 25.1 Å². The second-order valence-corrected chi connectivity index (χ2v) is 9.52. The summed E-state index contributed by atoms with van der Waals surface area (Å²) in [5.74, 6) is -2.12. The summed E-state index contributed by atoms with van der Waals surface area (Å²) in [6, 6.07) is 12.0. The minimum atomic E-state index is -3.83. The minimum Gasteiger partial charge on any atom is -0.478 e. The Morgan fingerprint density at radius 2 is 1.79 bits per heavy atom. The predicted octanol–water partition coefficient (Wildman–Crippen LogP) is 2.64. The number of para-hydroxylation sites is 1. The fourth-order valence-corrected chi connectivity index (χ4v) is 5.19. The molecule has 10 heteroatoms. The lowest BCUT2D eigenvalue weighted by molar-refractivity contribution is -0.149. The van der Waals surface area contributed by atoms with Crippen LogP contribution in [0.5, 0.6) is 0 Å². The Bertz CT molecular complexity index is 1140. The molecule has 1 fully saturated rings. The van der Waals surface area contributed by atoms with Crippen LogP contribution < -0.4 is 5.32 Å². The van der Waals surface area contributed by atoms with Crippen LogP contribution in [0.3, 0.4) is 0 Å². The van der Waals surface area contributed by atoms with Gasteiger partial charge in [-0.1, -0.05) is 24.3 Å². The third-order valence-electron chi connectivity index (χ3n) is 5.46. The number of carbonyl (C=O) groups excluding carboxylic acids is 2. The molecule has 1 aliphatic heterocycles. The van der Waals surface area contributed by atoms with E-state index in [1.807, 2.05) is 0 Å². The van der Waals surface area contributed by atoms with Gasteiger partial charge in [0.2, 0.25) is 10.0 Å². The zero-order valence-electron chi connectivity index (χ0n) is 18.2. The maximum atomic E-state index is 13.1. The molecule has 1 aliphatic rings. The summed E-state index contributed by atoms with van der Waals surface area (Å²) in [6.07, 6.45) is 0.757. The summed E-state index contributed by atoms with van der Waals surface area (Å²) in [6.45, 7) is 2.20. The van der Waals surface area contributed by atoms with E-state index in [0.717, 1.165) is 0 Å². The van der Waals surface area contributed by atoms with Crippen molar-refractivity contribution in [1.82, 2.24) is 4.31 Å². The summed E-state index contributed by atoms with van der Waals surface area (Å²) >= 11 is 0. The minimum absolute atomic E-state index is 0.00568. The number of hydrogen-bond acceptors (Lipinski definition) is 7. The van der Waals surface area contributed by atoms with Crippen molar-refractivity contribution >= 4 is 33.4 Å². The van der Waals surface area contributed by atoms with Gasteiger partial charge in [0.1, 0.15) is 0 Å². The summed E-state index contributed by atoms with van der Waals surface area (Å²) in [7, 11) is -3.83. The molecule has 33 heavy (non-hydrogen) atoms. The first-order chi connectivity index (χ1) is 15.7. The molecule has 2 aromatic carbocycles. The highest BCUT2D eigenvalue weighted by Crippen LogP contribution is 2.25. The van der Waals surface area contributed by atoms with Crippen molar-refractivity contribution < 1.29 is 32.6 Å². The highest BCUT2D eigenvalue weighted by atomic mass is 32.2. The molecule has 2 aromatic rings. The number of piperidine rings is 1. The van der Waals surface area contributed by atoms with Gasteiger partial charge in [-0.25, -0.2) is 13.2 Å². The zero-order chi connectivity index (χ0) is 24.0. The number of nitrogens with one attached hydrogen (secondary N) is 1. The van der Waals surface area contributed by atoms with Gasteiger partial charge < -0.3 is 15.2 Å². The highest BCUT2D eigenvalue weighted by molar-refractivity contribution is 7.89. The third-order valence-corrected chi connectivity index (χ3v) is 7.36. The number of anilines is 1. The molecule has 0 atom stereocenters. The lowest BCUT2D eigenvalue weighted by Crippen LogP contribution is -2.40. The van der Waals surface area contributed by atoms with Crippen molar-refractivity contribution in [2.45, 2.75) is 24.7 Å². The maximum absolute atomic E-state index is 13.1. The van der Waals surface area contributed by atoms with Crippen LogP contribution >= 0.6 is 0 Å². The number of nitrogens with zero attached hydrogens (tertiary/aromatic N) is 1. The normalized spacial score (nSPS) is 15.1. The quantitative estimate of drug-likeness (QED) is 0.419. The largest absolute Gasteiger partial charge is 0.478 e. The molecule has 2 N–H and O–H groups in total. The van der Waals surface area contributed by atoms with Crippen molar-refractivity contribution in [3.8, 4) is 0 Å². The van der Waals surface area contributed by atoms with Gasteiger partial charge in [-0.3, -0.25) is 9.59 Å². The summed E-state index contributed by atoms with van der Waals surface area (Å²) in [5.41, 5.74) is 0.525. The number of rotatable bonds is 9. The van der Waals surface area contributed by atoms with Gasteiger partial charge >= 0.3 is 11.9 Å². The molecule has 0 spiro atoms. The summed E-state index contributed by atoms with van der Waals surface area (Å²) in [5, 5.41) is 12.1. The van der Waals surface area contributed by atoms with Crippen LogP contribution in [-0.4, -0.2) is 61.8 Å². The van der Waals surface area contributed by atoms with E-state index in [1.165, 1.54) is 34.6 Å². The Labute approximate surface area is 192 Å². The standard InChI is InChI=1S/C23H26N2O7S/c1-2-32-23(29)16-10-12-25(13-11-16)33(30,31)18-7-5-6-17(14-18)21(26)15-24-20-9-4-3-8-19(20)22(27)28/h3-9,14,16,24H,2,10-13,15H2,1H3,(H,27,28). The number of esters is 1. The molecule has 0 radical (unpaired) electrons. The smallest absolute Gasteiger partial charge is 0.337 e. The second kappa shape index (κ2) is 10.6. The van der Waals surface area contributed by atoms with Gasteiger partial charge in [-0.05, 0) is 44.0 Å². The van der Waals surface area contributed by atoms with Crippen LogP contribution in [0, 0.1) is 5.92 Å². The van der Waals surface area contributed by atoms with Crippen molar-refractivity contribution in [2.75, 3.05) is 31.6 Å². The molecule has 0 amide bonds. The lowest BCUT2D eigenvalue weighted by Gasteiger charge is -2.30. The first kappa shape index (κ1) is 24.4. The number of sulfonamides is 1. The Morgan fingerprint density at radius 3 is 2.45 bits per heavy atom. The molecule has 0 unspecified atom stereocenters. The van der Waals surface area contributed by atoms with Gasteiger partial charge in [0, 0.05) is 24.3 Å². The average molecular weight is 475 g/mol. The first-order valence-electron chi connectivity index (χ1n) is 10.6. The zero-order valence-corrected chi connectivity index (χ0v) is 19.0. The Hall–Kier alpha value is -3.24. The van der Waals surface area contributed by atoms with Crippen molar-refractivity contribution in [3.05, 3.63) is 59.7 Å². The molecule has 0 aromatic heterocycles. The summed E-state index contributed by atoms with van der Waals surface area (Å²) < 4.78 is 32.5. The number of hydrogen-bond donors (Lipinski definition) is 2. The number of benzene rings is 2. The van der Waals surface area contributed by atoms with Gasteiger partial charge in [0.05, 0.1) is 29.5 Å². The highest BCUT2D eigenvalue weighted by Gasteiger charge is 2.33. The molecule has 0 bridgehead atoms. The Balaban J connectivity index is 1.68. The van der Waals surface area contributed by atoms with E-state index in [9.17, 15) is 27.9 Å². The fraction of sp³-hybridized carbons (Fsp3) is 0.348. The van der Waals surface area contributed by atoms with Crippen LogP contribution in [-0.2, 0) is 19.6 Å². The van der Waals surface area contributed by atoms with Gasteiger partial charge in [-0.15, -0.1) is 0 Å². The summed E-state index contributed by atoms with van der Waals surface area (Å²) in [4.78, 5) is 35.9. The van der Waals surface area contributed by atoms with E-state index >= 15 is 0 Å². The number of ketones is 1. The second-order valence-electron chi connectivity index (χ2n) is 7.59. The first-order valence-corrected chi connectivity index (χ1v) is 12.0. The SMILES string of the molecule is CCOC(=O)C1CCN(S(=O)(=O)c2cccc(C(=O)CNc3ccccc3C(=O)O)c2)CC1. The molecule has 176 valence electrons. The third kappa shape index (κ3) is 5.77. The van der Waals surface area contributed by atoms with Crippen LogP contribution in [0.1, 0.15) is 40.5 Å². The Morgan fingerprint density at radius 1 is 1.09 bits per heavy atom. The fourth-order valence-electron chi connectivity index (χ4n) is 3.67. The maximum Gasteiger partial charge on any atom is 0.337 e. The van der Waals surface area contributed by atoms with E-state index in [-0.39, 0.29) is 59.9 Å². The van der Waals surface area contributed by atoms with Crippen molar-refractivity contribution in [3.63, 3.8) is 0 Å². The van der Waals surface area contributed by atoms with E-state index in [0.29, 0.717) is 18.5 Å². The van der Waals surface area contributed by atoms with E-state index < -0.39 is 16.0 Å². The van der Waals surface area contributed by atoms with Crippen molar-refractivity contribution in [2.24, 2.45) is 5.92 Å². The number of aromatic carboxylic acids is 1. The predicted molar refractivity (Wildman–Crippen MR) is 121 cm³/mol. The van der Waals surface area contributed by atoms with Gasteiger partial charge in [0.15, 0.2) is 5.78 Å². The molecular weight excluding hydrogens is 448 g/mol. The Kier molecular flexibility index (Phi) is 7.83. The van der Waals surface area contributed by atoms with E-state index in [2.05, 4.69) is 5.32 Å². The van der Waals surface area contributed by atoms with Gasteiger partial charge in [0.25, 0.3) is 0 Å². The molecule has 0 aliphatic carbocycles. The lowest BCUT2D eigenvalue weighted by atomic mass is 9.98. The van der Waals surface area contributed by atoms with Crippen LogP contribution in [0.4, 0.5) is 5.69 Å². The number of ether oxygens (including phenoxy) is 1. The number of carbonyl (C=O) groups is 3. The van der Waals surface area contributed by atoms with Crippen LogP contribution in [0.15, 0.2) is 53.4 Å². The monoisotopic (exact) mass is 474 g/mol. The molecule has 1 heterocycles. The van der Waals surface area contributed by atoms with Crippen LogP contribution in [0.2, 0.25) is 0 Å². The van der Waals surface area contributed by atoms with Crippen molar-refractivity contribution in [1.29, 1.82) is 0 Å². The molecule has 1 saturated heterocycles. The topological polar surface area (TPSA) is 130 Å².